The molecule has 0 spiro atoms. The monoisotopic (exact) mass is 225 g/mol. The Kier molecular flexibility index (Phi) is 5.56. The highest BCUT2D eigenvalue weighted by Gasteiger charge is 1.86. The zero-order valence-corrected chi connectivity index (χ0v) is 9.06. The maximum Gasteiger partial charge on any atom is 0.0857 e. The van der Waals surface area contributed by atoms with Gasteiger partial charge >= 0.3 is 0 Å². The van der Waals surface area contributed by atoms with Crippen LogP contribution in [0.5, 0.6) is 0 Å². The zero-order valence-electron chi connectivity index (χ0n) is 9.06. The Bertz CT molecular complexity index is 445. The van der Waals surface area contributed by atoms with Gasteiger partial charge in [-0.2, -0.15) is 10.2 Å². The van der Waals surface area contributed by atoms with E-state index in [0.29, 0.717) is 0 Å². The molecule has 0 unspecified atom stereocenters. The van der Waals surface area contributed by atoms with Crippen molar-refractivity contribution in [3.05, 3.63) is 71.1 Å². The number of rotatable bonds is 2. The van der Waals surface area contributed by atoms with Crippen LogP contribution in [0.4, 0.5) is 11.4 Å². The van der Waals surface area contributed by atoms with Crippen LogP contribution in [0.2, 0.25) is 0 Å². The Morgan fingerprint density at radius 3 is 1.35 bits per heavy atom. The number of hydrogen-bond donors (Lipinski definition) is 1. The second-order valence-corrected chi connectivity index (χ2v) is 2.97. The first-order valence-corrected chi connectivity index (χ1v) is 4.89. The average Bonchev–Trinajstić information content (AvgIpc) is 2.40. The van der Waals surface area contributed by atoms with Crippen molar-refractivity contribution in [3.8, 4) is 0 Å². The van der Waals surface area contributed by atoms with Gasteiger partial charge in [-0.1, -0.05) is 36.4 Å². The molecule has 0 aliphatic heterocycles. The predicted molar refractivity (Wildman–Crippen MR) is 66.5 cm³/mol. The third kappa shape index (κ3) is 5.11. The Labute approximate surface area is 98.9 Å². The van der Waals surface area contributed by atoms with Crippen LogP contribution in [-0.2, 0) is 0 Å². The fourth-order valence-electron chi connectivity index (χ4n) is 1.10. The molecule has 5 nitrogen and oxygen atoms in total. The fraction of sp³-hybridized carbons (Fsp3) is 0. The van der Waals surface area contributed by atoms with E-state index in [1.165, 1.54) is 0 Å². The molecule has 0 aromatic heterocycles. The molecule has 0 bridgehead atoms. The van der Waals surface area contributed by atoms with Gasteiger partial charge in [-0.15, -0.1) is 5.53 Å². The maximum atomic E-state index is 6.86. The summed E-state index contributed by atoms with van der Waals surface area (Å²) >= 11 is 0. The summed E-state index contributed by atoms with van der Waals surface area (Å²) in [6, 6.07) is 19.4. The number of benzene rings is 2. The van der Waals surface area contributed by atoms with Crippen molar-refractivity contribution in [1.82, 2.24) is 0 Å². The quantitative estimate of drug-likeness (QED) is 0.424. The Morgan fingerprint density at radius 1 is 0.765 bits per heavy atom. The van der Waals surface area contributed by atoms with Gasteiger partial charge in [0.05, 0.1) is 11.4 Å². The smallest absolute Gasteiger partial charge is 0.0857 e. The molecular formula is C12H11N5. The molecule has 2 rings (SSSR count). The normalized spacial score (nSPS) is 9.18. The van der Waals surface area contributed by atoms with Crippen LogP contribution in [-0.4, -0.2) is 0 Å². The van der Waals surface area contributed by atoms with Crippen LogP contribution >= 0.6 is 0 Å². The third-order valence-electron chi connectivity index (χ3n) is 1.79. The average molecular weight is 225 g/mol. The topological polar surface area (TPSA) is 85.0 Å². The summed E-state index contributed by atoms with van der Waals surface area (Å²) in [7, 11) is 0. The van der Waals surface area contributed by atoms with E-state index < -0.39 is 0 Å². The first-order chi connectivity index (χ1) is 8.36. The van der Waals surface area contributed by atoms with Crippen molar-refractivity contribution < 1.29 is 0 Å². The molecule has 0 saturated heterocycles. The maximum absolute atomic E-state index is 6.86. The van der Waals surface area contributed by atoms with Gasteiger partial charge in [0, 0.05) is 0 Å². The van der Waals surface area contributed by atoms with Gasteiger partial charge in [0.15, 0.2) is 0 Å². The first-order valence-electron chi connectivity index (χ1n) is 4.89. The van der Waals surface area contributed by atoms with Crippen LogP contribution < -0.4 is 0 Å². The third-order valence-corrected chi connectivity index (χ3v) is 1.79. The van der Waals surface area contributed by atoms with Crippen LogP contribution in [0.1, 0.15) is 0 Å². The van der Waals surface area contributed by atoms with E-state index in [1.807, 2.05) is 60.7 Å². The van der Waals surface area contributed by atoms with Gasteiger partial charge in [0.25, 0.3) is 0 Å². The summed E-state index contributed by atoms with van der Waals surface area (Å²) in [6.45, 7) is 0. The summed E-state index contributed by atoms with van der Waals surface area (Å²) in [5.41, 5.74) is 14.0. The van der Waals surface area contributed by atoms with E-state index >= 15 is 0 Å². The van der Waals surface area contributed by atoms with Crippen LogP contribution in [0.3, 0.4) is 0 Å². The predicted octanol–water partition coefficient (Wildman–Crippen LogP) is 4.98. The largest absolute Gasteiger partial charge is 0.151 e. The molecule has 17 heavy (non-hydrogen) atoms. The summed E-state index contributed by atoms with van der Waals surface area (Å²) < 4.78 is 0. The van der Waals surface area contributed by atoms with Crippen molar-refractivity contribution in [2.24, 2.45) is 10.2 Å². The second-order valence-electron chi connectivity index (χ2n) is 2.97. The molecule has 0 fully saturated rings. The highest BCUT2D eigenvalue weighted by molar-refractivity contribution is 5.39. The molecule has 5 heteroatoms. The lowest BCUT2D eigenvalue weighted by Crippen LogP contribution is -1.62. The lowest BCUT2D eigenvalue weighted by Gasteiger charge is -1.91. The number of azo groups is 1. The number of nitrogens with zero attached hydrogens (tertiary/aromatic N) is 4. The molecule has 0 aliphatic rings. The van der Waals surface area contributed by atoms with Gasteiger partial charge in [0.1, 0.15) is 0 Å². The minimum Gasteiger partial charge on any atom is -0.151 e. The molecule has 0 heterocycles. The van der Waals surface area contributed by atoms with E-state index in [4.69, 9.17) is 11.1 Å². The molecule has 0 radical (unpaired) electrons. The van der Waals surface area contributed by atoms with Gasteiger partial charge in [0.2, 0.25) is 0 Å². The van der Waals surface area contributed by atoms with E-state index in [-0.39, 0.29) is 0 Å². The zero-order chi connectivity index (χ0) is 12.3. The van der Waals surface area contributed by atoms with E-state index in [0.717, 1.165) is 11.4 Å². The molecule has 0 aliphatic carbocycles. The molecule has 2 aromatic carbocycles. The number of hydrogen-bond acceptors (Lipinski definition) is 3. The number of nitrogens with one attached hydrogen (secondary N) is 1. The van der Waals surface area contributed by atoms with Gasteiger partial charge in [-0.05, 0) is 34.7 Å². The molecule has 2 aromatic rings. The van der Waals surface area contributed by atoms with Crippen molar-refractivity contribution in [3.63, 3.8) is 0 Å². The summed E-state index contributed by atoms with van der Waals surface area (Å²) in [5.74, 6) is 0. The fourth-order valence-corrected chi connectivity index (χ4v) is 1.10. The summed E-state index contributed by atoms with van der Waals surface area (Å²) in [4.78, 5) is 1.75. The van der Waals surface area contributed by atoms with E-state index in [9.17, 15) is 0 Å². The summed E-state index contributed by atoms with van der Waals surface area (Å²) in [5, 5.41) is 8.20. The van der Waals surface area contributed by atoms with Crippen molar-refractivity contribution in [1.29, 1.82) is 5.53 Å². The molecule has 1 N–H and O–H groups in total. The minimum atomic E-state index is 0.872. The van der Waals surface area contributed by atoms with E-state index in [1.54, 1.807) is 4.91 Å². The second kappa shape index (κ2) is 7.62. The van der Waals surface area contributed by atoms with Crippen LogP contribution in [0.15, 0.2) is 70.9 Å². The van der Waals surface area contributed by atoms with Crippen molar-refractivity contribution >= 4 is 11.4 Å². The standard InChI is InChI=1S/C12H10N2.HN3/c1-3-7-11(8-4-1)13-14-12-9-5-2-6-10-12;1-3-2/h1-10H;1H. The Morgan fingerprint density at radius 2 is 1.06 bits per heavy atom. The highest BCUT2D eigenvalue weighted by atomic mass is 15.1. The lowest BCUT2D eigenvalue weighted by molar-refractivity contribution is 1.23. The summed E-state index contributed by atoms with van der Waals surface area (Å²) in [6.07, 6.45) is 0. The molecule has 84 valence electrons. The minimum absolute atomic E-state index is 0.872. The SMILES string of the molecule is [N-]=[N+]=N.c1ccc(N=Nc2ccccc2)cc1. The molecular weight excluding hydrogens is 214 g/mol. The highest BCUT2D eigenvalue weighted by Crippen LogP contribution is 2.16. The van der Waals surface area contributed by atoms with Crippen molar-refractivity contribution in [2.45, 2.75) is 0 Å². The molecule has 0 saturated carbocycles. The van der Waals surface area contributed by atoms with Crippen LogP contribution in [0.25, 0.3) is 10.4 Å². The Hall–Kier alpha value is -2.65. The van der Waals surface area contributed by atoms with Gasteiger partial charge < -0.3 is 0 Å². The van der Waals surface area contributed by atoms with Gasteiger partial charge in [-0.25, -0.2) is 0 Å². The van der Waals surface area contributed by atoms with Crippen molar-refractivity contribution in [2.75, 3.05) is 0 Å². The van der Waals surface area contributed by atoms with Gasteiger partial charge in [-0.3, -0.25) is 0 Å². The first kappa shape index (κ1) is 12.4. The Balaban J connectivity index is 0.000000437. The van der Waals surface area contributed by atoms with E-state index in [2.05, 4.69) is 10.2 Å². The lowest BCUT2D eigenvalue weighted by atomic mass is 10.3. The molecule has 0 amide bonds. The van der Waals surface area contributed by atoms with Crippen LogP contribution in [0, 0.1) is 5.53 Å². The molecule has 0 atom stereocenters.